The number of carbonyl (C=O) groups is 1. The van der Waals surface area contributed by atoms with Gasteiger partial charge in [-0.2, -0.15) is 0 Å². The summed E-state index contributed by atoms with van der Waals surface area (Å²) in [6.07, 6.45) is 0.453. The normalized spacial score (nSPS) is 10.4. The number of nitrogens with one attached hydrogen (secondary N) is 1. The zero-order valence-electron chi connectivity index (χ0n) is 10.0. The van der Waals surface area contributed by atoms with E-state index < -0.39 is 0 Å². The average molecular weight is 314 g/mol. The van der Waals surface area contributed by atoms with Crippen LogP contribution in [0.3, 0.4) is 0 Å². The van der Waals surface area contributed by atoms with Gasteiger partial charge in [0, 0.05) is 23.7 Å². The molecule has 0 bridgehead atoms. The molecule has 0 aliphatic carbocycles. The molecule has 0 aliphatic heterocycles. The number of halogens is 1. The lowest BCUT2D eigenvalue weighted by Gasteiger charge is -2.06. The van der Waals surface area contributed by atoms with Crippen molar-refractivity contribution in [2.24, 2.45) is 0 Å². The van der Waals surface area contributed by atoms with Crippen molar-refractivity contribution in [2.75, 3.05) is 5.75 Å². The Morgan fingerprint density at radius 1 is 1.42 bits per heavy atom. The summed E-state index contributed by atoms with van der Waals surface area (Å²) in [6.45, 7) is 0.460. The maximum atomic E-state index is 11.7. The third-order valence-corrected chi connectivity index (χ3v) is 4.56. The lowest BCUT2D eigenvalue weighted by molar-refractivity contribution is -0.120. The molecule has 7 heteroatoms. The van der Waals surface area contributed by atoms with E-state index in [1.54, 1.807) is 5.51 Å². The maximum absolute atomic E-state index is 11.7. The van der Waals surface area contributed by atoms with Crippen LogP contribution in [0.2, 0.25) is 5.02 Å². The predicted molar refractivity (Wildman–Crippen MR) is 78.5 cm³/mol. The molecule has 4 nitrogen and oxygen atoms in total. The molecule has 1 aromatic heterocycles. The van der Waals surface area contributed by atoms with E-state index in [1.165, 1.54) is 23.1 Å². The standard InChI is InChI=1S/C12H12ClN3OS2/c13-10-4-2-1-3-9(10)7-14-11(17)5-6-18-12-16-15-8-19-12/h1-4,8H,5-7H2,(H,14,17). The van der Waals surface area contributed by atoms with Crippen LogP contribution < -0.4 is 5.32 Å². The third kappa shape index (κ3) is 4.81. The van der Waals surface area contributed by atoms with Gasteiger partial charge in [0.15, 0.2) is 4.34 Å². The third-order valence-electron chi connectivity index (χ3n) is 2.33. The number of amides is 1. The highest BCUT2D eigenvalue weighted by atomic mass is 35.5. The van der Waals surface area contributed by atoms with Crippen LogP contribution in [0.4, 0.5) is 0 Å². The summed E-state index contributed by atoms with van der Waals surface area (Å²) >= 11 is 9.03. The maximum Gasteiger partial charge on any atom is 0.221 e. The van der Waals surface area contributed by atoms with Gasteiger partial charge in [-0.3, -0.25) is 4.79 Å². The summed E-state index contributed by atoms with van der Waals surface area (Å²) in [6, 6.07) is 7.48. The second-order valence-electron chi connectivity index (χ2n) is 3.67. The van der Waals surface area contributed by atoms with Crippen LogP contribution >= 0.6 is 34.7 Å². The quantitative estimate of drug-likeness (QED) is 0.833. The zero-order valence-corrected chi connectivity index (χ0v) is 12.4. The Hall–Kier alpha value is -1.11. The highest BCUT2D eigenvalue weighted by Gasteiger charge is 2.05. The number of benzene rings is 1. The van der Waals surface area contributed by atoms with Gasteiger partial charge in [-0.05, 0) is 11.6 Å². The van der Waals surface area contributed by atoms with Crippen LogP contribution in [0.1, 0.15) is 12.0 Å². The number of hydrogen-bond acceptors (Lipinski definition) is 5. The molecule has 1 N–H and O–H groups in total. The second kappa shape index (κ2) is 7.47. The fourth-order valence-electron chi connectivity index (χ4n) is 1.38. The molecule has 0 aliphatic rings. The molecule has 0 radical (unpaired) electrons. The summed E-state index contributed by atoms with van der Waals surface area (Å²) in [5.41, 5.74) is 2.61. The molecule has 1 amide bonds. The van der Waals surface area contributed by atoms with Gasteiger partial charge in [-0.15, -0.1) is 10.2 Å². The van der Waals surface area contributed by atoms with Crippen molar-refractivity contribution in [1.82, 2.24) is 15.5 Å². The van der Waals surface area contributed by atoms with Crippen molar-refractivity contribution in [3.8, 4) is 0 Å². The first-order chi connectivity index (χ1) is 9.25. The van der Waals surface area contributed by atoms with Crippen molar-refractivity contribution in [3.63, 3.8) is 0 Å². The minimum Gasteiger partial charge on any atom is -0.352 e. The fraction of sp³-hybridized carbons (Fsp3) is 0.250. The summed E-state index contributed by atoms with van der Waals surface area (Å²) in [5.74, 6) is 0.709. The topological polar surface area (TPSA) is 54.9 Å². The molecule has 0 fully saturated rings. The highest BCUT2D eigenvalue weighted by Crippen LogP contribution is 2.19. The van der Waals surface area contributed by atoms with Gasteiger partial charge in [0.05, 0.1) is 0 Å². The van der Waals surface area contributed by atoms with Crippen LogP contribution in [0, 0.1) is 0 Å². The molecule has 2 aromatic rings. The van der Waals surface area contributed by atoms with Gasteiger partial charge >= 0.3 is 0 Å². The summed E-state index contributed by atoms with van der Waals surface area (Å²) in [4.78, 5) is 11.7. The number of carbonyl (C=O) groups excluding carboxylic acids is 1. The molecule has 19 heavy (non-hydrogen) atoms. The summed E-state index contributed by atoms with van der Waals surface area (Å²) in [7, 11) is 0. The Kier molecular flexibility index (Phi) is 5.62. The van der Waals surface area contributed by atoms with Gasteiger partial charge in [0.25, 0.3) is 0 Å². The van der Waals surface area contributed by atoms with E-state index in [4.69, 9.17) is 11.6 Å². The van der Waals surface area contributed by atoms with E-state index in [9.17, 15) is 4.79 Å². The minimum absolute atomic E-state index is 0.0111. The smallest absolute Gasteiger partial charge is 0.221 e. The van der Waals surface area contributed by atoms with Crippen LogP contribution in [0.15, 0.2) is 34.1 Å². The molecular formula is C12H12ClN3OS2. The average Bonchev–Trinajstić information content (AvgIpc) is 2.91. The zero-order chi connectivity index (χ0) is 13.5. The van der Waals surface area contributed by atoms with Crippen LogP contribution in [0.25, 0.3) is 0 Å². The van der Waals surface area contributed by atoms with Crippen molar-refractivity contribution < 1.29 is 4.79 Å². The molecule has 1 heterocycles. The van der Waals surface area contributed by atoms with E-state index in [0.29, 0.717) is 23.7 Å². The van der Waals surface area contributed by atoms with Gasteiger partial charge in [0.2, 0.25) is 5.91 Å². The molecule has 0 saturated carbocycles. The number of rotatable bonds is 6. The van der Waals surface area contributed by atoms with E-state index in [1.807, 2.05) is 24.3 Å². The Balaban J connectivity index is 1.69. The van der Waals surface area contributed by atoms with Crippen LogP contribution in [0.5, 0.6) is 0 Å². The van der Waals surface area contributed by atoms with E-state index >= 15 is 0 Å². The van der Waals surface area contributed by atoms with Crippen molar-refractivity contribution in [1.29, 1.82) is 0 Å². The largest absolute Gasteiger partial charge is 0.352 e. The minimum atomic E-state index is 0.0111. The Bertz CT molecular complexity index is 534. The Morgan fingerprint density at radius 2 is 2.26 bits per heavy atom. The first-order valence-corrected chi connectivity index (χ1v) is 7.89. The van der Waals surface area contributed by atoms with Crippen LogP contribution in [-0.2, 0) is 11.3 Å². The predicted octanol–water partition coefficient (Wildman–Crippen LogP) is 2.99. The first kappa shape index (κ1) is 14.3. The van der Waals surface area contributed by atoms with E-state index in [-0.39, 0.29) is 5.91 Å². The van der Waals surface area contributed by atoms with Crippen molar-refractivity contribution >= 4 is 40.6 Å². The molecule has 1 aromatic carbocycles. The Morgan fingerprint density at radius 3 is 3.00 bits per heavy atom. The fourth-order valence-corrected chi connectivity index (χ4v) is 3.08. The van der Waals surface area contributed by atoms with Gasteiger partial charge in [-0.1, -0.05) is 52.9 Å². The van der Waals surface area contributed by atoms with E-state index in [0.717, 1.165) is 9.90 Å². The molecule has 0 atom stereocenters. The van der Waals surface area contributed by atoms with Gasteiger partial charge in [-0.25, -0.2) is 0 Å². The molecule has 0 spiro atoms. The molecule has 100 valence electrons. The van der Waals surface area contributed by atoms with Crippen molar-refractivity contribution in [3.05, 3.63) is 40.4 Å². The summed E-state index contributed by atoms with van der Waals surface area (Å²) < 4.78 is 0.888. The lowest BCUT2D eigenvalue weighted by Crippen LogP contribution is -2.23. The summed E-state index contributed by atoms with van der Waals surface area (Å²) in [5, 5.41) is 11.2. The molecule has 0 saturated heterocycles. The number of thioether (sulfide) groups is 1. The molecular weight excluding hydrogens is 302 g/mol. The number of aromatic nitrogens is 2. The SMILES string of the molecule is O=C(CCSc1nncs1)NCc1ccccc1Cl. The second-order valence-corrected chi connectivity index (χ2v) is 6.25. The lowest BCUT2D eigenvalue weighted by atomic mass is 10.2. The van der Waals surface area contributed by atoms with Crippen LogP contribution in [-0.4, -0.2) is 21.9 Å². The van der Waals surface area contributed by atoms with Crippen molar-refractivity contribution in [2.45, 2.75) is 17.3 Å². The molecule has 2 rings (SSSR count). The Labute approximate surface area is 124 Å². The first-order valence-electron chi connectivity index (χ1n) is 5.65. The van der Waals surface area contributed by atoms with Gasteiger partial charge in [0.1, 0.15) is 5.51 Å². The number of hydrogen-bond donors (Lipinski definition) is 1. The number of nitrogens with zero attached hydrogens (tertiary/aromatic N) is 2. The highest BCUT2D eigenvalue weighted by molar-refractivity contribution is 8.01. The molecule has 0 unspecified atom stereocenters. The monoisotopic (exact) mass is 313 g/mol. The van der Waals surface area contributed by atoms with Gasteiger partial charge < -0.3 is 5.32 Å². The van der Waals surface area contributed by atoms with E-state index in [2.05, 4.69) is 15.5 Å².